The van der Waals surface area contributed by atoms with Crippen molar-refractivity contribution in [3.63, 3.8) is 0 Å². The molecule has 0 N–H and O–H groups in total. The molecule has 0 saturated carbocycles. The van der Waals surface area contributed by atoms with Crippen LogP contribution in [0.1, 0.15) is 16.7 Å². The number of nitro groups is 1. The van der Waals surface area contributed by atoms with E-state index in [2.05, 4.69) is 0 Å². The van der Waals surface area contributed by atoms with Crippen molar-refractivity contribution in [2.45, 2.75) is 13.8 Å². The van der Waals surface area contributed by atoms with Crippen molar-refractivity contribution in [2.24, 2.45) is 4.99 Å². The summed E-state index contributed by atoms with van der Waals surface area (Å²) in [6.07, 6.45) is 1.67. The van der Waals surface area contributed by atoms with Gasteiger partial charge in [0.2, 0.25) is 0 Å². The van der Waals surface area contributed by atoms with Gasteiger partial charge < -0.3 is 0 Å². The standard InChI is InChI=1S/C24H19N3O3S/c1-16-6-10-19(11-7-16)25-24-26(20-12-8-17(2)9-13-20)23(28)22(31-24)15-18-4-3-5-21(14-18)27(29)30/h3-15H,1-2H3/b22-15+,25-24?. The lowest BCUT2D eigenvalue weighted by Crippen LogP contribution is -2.28. The van der Waals surface area contributed by atoms with Crippen LogP contribution in [0.5, 0.6) is 0 Å². The molecule has 0 unspecified atom stereocenters. The number of thioether (sulfide) groups is 1. The van der Waals surface area contributed by atoms with E-state index in [0.717, 1.165) is 22.5 Å². The summed E-state index contributed by atoms with van der Waals surface area (Å²) in [6, 6.07) is 21.6. The SMILES string of the molecule is Cc1ccc(N=C2S/C(=C/c3cccc([N+](=O)[O-])c3)C(=O)N2c2ccc(C)cc2)cc1. The quantitative estimate of drug-likeness (QED) is 0.289. The fourth-order valence-corrected chi connectivity index (χ4v) is 4.08. The van der Waals surface area contributed by atoms with Gasteiger partial charge in [0.25, 0.3) is 11.6 Å². The van der Waals surface area contributed by atoms with Crippen LogP contribution in [-0.4, -0.2) is 16.0 Å². The van der Waals surface area contributed by atoms with E-state index in [4.69, 9.17) is 4.99 Å². The molecule has 7 heteroatoms. The molecule has 3 aromatic rings. The summed E-state index contributed by atoms with van der Waals surface area (Å²) in [7, 11) is 0. The second-order valence-corrected chi connectivity index (χ2v) is 8.18. The Morgan fingerprint density at radius 1 is 0.968 bits per heavy atom. The van der Waals surface area contributed by atoms with E-state index in [1.807, 2.05) is 62.4 Å². The first kappa shape index (κ1) is 20.6. The highest BCUT2D eigenvalue weighted by molar-refractivity contribution is 8.19. The number of carbonyl (C=O) groups is 1. The number of aryl methyl sites for hydroxylation is 2. The minimum atomic E-state index is -0.450. The largest absolute Gasteiger partial charge is 0.271 e. The van der Waals surface area contributed by atoms with Crippen LogP contribution in [0.3, 0.4) is 0 Å². The molecule has 4 rings (SSSR count). The summed E-state index contributed by atoms with van der Waals surface area (Å²) >= 11 is 1.25. The molecule has 0 radical (unpaired) electrons. The second-order valence-electron chi connectivity index (χ2n) is 7.17. The highest BCUT2D eigenvalue weighted by Gasteiger charge is 2.34. The Labute approximate surface area is 184 Å². The Morgan fingerprint density at radius 3 is 2.26 bits per heavy atom. The molecule has 0 bridgehead atoms. The Kier molecular flexibility index (Phi) is 5.68. The number of hydrogen-bond donors (Lipinski definition) is 0. The van der Waals surface area contributed by atoms with Gasteiger partial charge in [-0.2, -0.15) is 0 Å². The maximum atomic E-state index is 13.3. The third-order valence-electron chi connectivity index (χ3n) is 4.74. The first-order valence-corrected chi connectivity index (χ1v) is 10.4. The lowest BCUT2D eigenvalue weighted by Gasteiger charge is -2.16. The highest BCUT2D eigenvalue weighted by Crippen LogP contribution is 2.37. The van der Waals surface area contributed by atoms with Crippen LogP contribution in [0.25, 0.3) is 6.08 Å². The van der Waals surface area contributed by atoms with Gasteiger partial charge in [-0.25, -0.2) is 4.99 Å². The van der Waals surface area contributed by atoms with Crippen LogP contribution in [0, 0.1) is 24.0 Å². The molecule has 1 fully saturated rings. The van der Waals surface area contributed by atoms with Crippen LogP contribution in [0.4, 0.5) is 17.1 Å². The molecule has 154 valence electrons. The molecule has 0 aliphatic carbocycles. The van der Waals surface area contributed by atoms with E-state index in [9.17, 15) is 14.9 Å². The van der Waals surface area contributed by atoms with Gasteiger partial charge in [0.05, 0.1) is 21.2 Å². The normalized spacial score (nSPS) is 16.3. The summed E-state index contributed by atoms with van der Waals surface area (Å²) in [5.41, 5.74) is 4.25. The van der Waals surface area contributed by atoms with Crippen molar-refractivity contribution in [3.8, 4) is 0 Å². The minimum Gasteiger partial charge on any atom is -0.268 e. The number of non-ortho nitro benzene ring substituents is 1. The zero-order valence-electron chi connectivity index (χ0n) is 17.0. The van der Waals surface area contributed by atoms with E-state index in [1.54, 1.807) is 23.1 Å². The monoisotopic (exact) mass is 429 g/mol. The summed E-state index contributed by atoms with van der Waals surface area (Å²) in [5.74, 6) is -0.216. The van der Waals surface area contributed by atoms with Gasteiger partial charge >= 0.3 is 0 Å². The Balaban J connectivity index is 1.76. The summed E-state index contributed by atoms with van der Waals surface area (Å²) in [4.78, 5) is 30.7. The predicted molar refractivity (Wildman–Crippen MR) is 126 cm³/mol. The van der Waals surface area contributed by atoms with Crippen LogP contribution < -0.4 is 4.90 Å². The van der Waals surface area contributed by atoms with Gasteiger partial charge in [-0.3, -0.25) is 19.8 Å². The lowest BCUT2D eigenvalue weighted by atomic mass is 10.2. The van der Waals surface area contributed by atoms with E-state index >= 15 is 0 Å². The van der Waals surface area contributed by atoms with Crippen molar-refractivity contribution in [2.75, 3.05) is 4.90 Å². The molecule has 1 aliphatic heterocycles. The number of amides is 1. The van der Waals surface area contributed by atoms with Crippen molar-refractivity contribution < 1.29 is 9.72 Å². The first-order chi connectivity index (χ1) is 14.9. The third-order valence-corrected chi connectivity index (χ3v) is 5.70. The van der Waals surface area contributed by atoms with Crippen LogP contribution in [0.15, 0.2) is 82.7 Å². The van der Waals surface area contributed by atoms with Gasteiger partial charge in [-0.1, -0.05) is 47.5 Å². The molecule has 0 atom stereocenters. The molecule has 31 heavy (non-hydrogen) atoms. The smallest absolute Gasteiger partial charge is 0.268 e. The minimum absolute atomic E-state index is 0.0197. The van der Waals surface area contributed by atoms with Crippen LogP contribution in [-0.2, 0) is 4.79 Å². The van der Waals surface area contributed by atoms with Gasteiger partial charge in [0, 0.05) is 12.1 Å². The van der Waals surface area contributed by atoms with E-state index in [-0.39, 0.29) is 11.6 Å². The number of nitro benzene ring substituents is 1. The number of rotatable bonds is 4. The molecular formula is C24H19N3O3S. The first-order valence-electron chi connectivity index (χ1n) is 9.61. The zero-order chi connectivity index (χ0) is 22.0. The summed E-state index contributed by atoms with van der Waals surface area (Å²) < 4.78 is 0. The molecule has 6 nitrogen and oxygen atoms in total. The third kappa shape index (κ3) is 4.57. The average molecular weight is 430 g/mol. The van der Waals surface area contributed by atoms with Crippen molar-refractivity contribution in [1.29, 1.82) is 0 Å². The van der Waals surface area contributed by atoms with Gasteiger partial charge in [0.15, 0.2) is 5.17 Å². The lowest BCUT2D eigenvalue weighted by molar-refractivity contribution is -0.384. The average Bonchev–Trinajstić information content (AvgIpc) is 3.05. The van der Waals surface area contributed by atoms with Crippen LogP contribution >= 0.6 is 11.8 Å². The van der Waals surface area contributed by atoms with Crippen molar-refractivity contribution in [1.82, 2.24) is 0 Å². The molecule has 1 heterocycles. The predicted octanol–water partition coefficient (Wildman–Crippen LogP) is 6.02. The Hall–Kier alpha value is -3.71. The number of hydrogen-bond acceptors (Lipinski definition) is 5. The number of aliphatic imine (C=N–C) groups is 1. The van der Waals surface area contributed by atoms with Gasteiger partial charge in [-0.05, 0) is 61.5 Å². The van der Waals surface area contributed by atoms with Crippen LogP contribution in [0.2, 0.25) is 0 Å². The number of carbonyl (C=O) groups excluding carboxylic acids is 1. The molecule has 1 amide bonds. The van der Waals surface area contributed by atoms with Crippen molar-refractivity contribution >= 4 is 46.0 Å². The van der Waals surface area contributed by atoms with Gasteiger partial charge in [-0.15, -0.1) is 0 Å². The summed E-state index contributed by atoms with van der Waals surface area (Å²) in [6.45, 7) is 3.99. The fourth-order valence-electron chi connectivity index (χ4n) is 3.08. The van der Waals surface area contributed by atoms with E-state index in [0.29, 0.717) is 15.6 Å². The topological polar surface area (TPSA) is 75.8 Å². The molecule has 3 aromatic carbocycles. The Bertz CT molecular complexity index is 1220. The van der Waals surface area contributed by atoms with Gasteiger partial charge in [0.1, 0.15) is 0 Å². The number of amidine groups is 1. The number of anilines is 1. The molecule has 1 aliphatic rings. The molecule has 0 spiro atoms. The maximum absolute atomic E-state index is 13.3. The zero-order valence-corrected chi connectivity index (χ0v) is 17.8. The maximum Gasteiger partial charge on any atom is 0.271 e. The molecule has 1 saturated heterocycles. The van der Waals surface area contributed by atoms with Crippen molar-refractivity contribution in [3.05, 3.63) is 105 Å². The molecule has 0 aromatic heterocycles. The summed E-state index contributed by atoms with van der Waals surface area (Å²) in [5, 5.41) is 11.6. The number of nitrogens with zero attached hydrogens (tertiary/aromatic N) is 3. The van der Waals surface area contributed by atoms with E-state index in [1.165, 1.54) is 23.9 Å². The fraction of sp³-hybridized carbons (Fsp3) is 0.0833. The Morgan fingerprint density at radius 2 is 1.61 bits per heavy atom. The highest BCUT2D eigenvalue weighted by atomic mass is 32.2. The number of benzene rings is 3. The molecular weight excluding hydrogens is 410 g/mol. The van der Waals surface area contributed by atoms with E-state index < -0.39 is 4.92 Å². The second kappa shape index (κ2) is 8.57.